The van der Waals surface area contributed by atoms with Crippen molar-refractivity contribution >= 4 is 5.84 Å². The predicted molar refractivity (Wildman–Crippen MR) is 76.7 cm³/mol. The smallest absolute Gasteiger partial charge is 0.140 e. The van der Waals surface area contributed by atoms with Crippen molar-refractivity contribution in [3.05, 3.63) is 30.3 Å². The van der Waals surface area contributed by atoms with Crippen LogP contribution in [0.1, 0.15) is 20.3 Å². The number of amidine groups is 1. The van der Waals surface area contributed by atoms with E-state index < -0.39 is 0 Å². The van der Waals surface area contributed by atoms with Gasteiger partial charge in [0.15, 0.2) is 0 Å². The number of nitrogens with two attached hydrogens (primary N) is 1. The summed E-state index contributed by atoms with van der Waals surface area (Å²) in [6.45, 7) is 6.43. The van der Waals surface area contributed by atoms with Crippen LogP contribution in [0.25, 0.3) is 0 Å². The number of rotatable bonds is 8. The van der Waals surface area contributed by atoms with Crippen LogP contribution in [0.4, 0.5) is 0 Å². The van der Waals surface area contributed by atoms with Gasteiger partial charge in [0.25, 0.3) is 0 Å². The van der Waals surface area contributed by atoms with Gasteiger partial charge < -0.3 is 15.7 Å². The second kappa shape index (κ2) is 8.37. The summed E-state index contributed by atoms with van der Waals surface area (Å²) in [6, 6.07) is 10.1. The zero-order chi connectivity index (χ0) is 14.1. The Bertz CT molecular complexity index is 380. The molecule has 0 spiro atoms. The Hall–Kier alpha value is -1.75. The van der Waals surface area contributed by atoms with Crippen molar-refractivity contribution in [3.8, 4) is 5.75 Å². The van der Waals surface area contributed by atoms with Crippen molar-refractivity contribution < 1.29 is 9.94 Å². The topological polar surface area (TPSA) is 71.1 Å². The van der Waals surface area contributed by atoms with Crippen molar-refractivity contribution in [3.63, 3.8) is 0 Å². The zero-order valence-corrected chi connectivity index (χ0v) is 11.6. The van der Waals surface area contributed by atoms with Gasteiger partial charge in [-0.05, 0) is 26.0 Å². The lowest BCUT2D eigenvalue weighted by molar-refractivity contribution is 0.179. The molecule has 0 aliphatic carbocycles. The van der Waals surface area contributed by atoms with Crippen LogP contribution >= 0.6 is 0 Å². The maximum Gasteiger partial charge on any atom is 0.140 e. The summed E-state index contributed by atoms with van der Waals surface area (Å²) >= 11 is 0. The fourth-order valence-electron chi connectivity index (χ4n) is 1.73. The van der Waals surface area contributed by atoms with E-state index in [4.69, 9.17) is 15.7 Å². The molecule has 0 fully saturated rings. The molecular weight excluding hydrogens is 242 g/mol. The van der Waals surface area contributed by atoms with Gasteiger partial charge >= 0.3 is 0 Å². The molecule has 0 aromatic heterocycles. The van der Waals surface area contributed by atoms with Crippen molar-refractivity contribution in [1.29, 1.82) is 0 Å². The van der Waals surface area contributed by atoms with E-state index in [1.54, 1.807) is 0 Å². The number of hydrogen-bond acceptors (Lipinski definition) is 4. The van der Waals surface area contributed by atoms with E-state index in [1.165, 1.54) is 0 Å². The lowest BCUT2D eigenvalue weighted by atomic mass is 10.2. The second-order valence-corrected chi connectivity index (χ2v) is 4.63. The molecule has 3 N–H and O–H groups in total. The SMILES string of the molecule is CC(C)N(CCOc1ccccc1)CCC(N)=NO. The molecule has 1 aromatic rings. The Morgan fingerprint density at radius 2 is 2.00 bits per heavy atom. The van der Waals surface area contributed by atoms with Crippen molar-refractivity contribution in [2.45, 2.75) is 26.3 Å². The van der Waals surface area contributed by atoms with E-state index in [0.717, 1.165) is 18.8 Å². The van der Waals surface area contributed by atoms with Crippen LogP contribution in [-0.2, 0) is 0 Å². The molecule has 0 amide bonds. The number of oxime groups is 1. The molecule has 19 heavy (non-hydrogen) atoms. The lowest BCUT2D eigenvalue weighted by Crippen LogP contribution is -2.37. The molecule has 1 rings (SSSR count). The van der Waals surface area contributed by atoms with Gasteiger partial charge in [0.2, 0.25) is 0 Å². The monoisotopic (exact) mass is 265 g/mol. The maximum atomic E-state index is 8.53. The molecule has 0 aliphatic heterocycles. The minimum absolute atomic E-state index is 0.259. The summed E-state index contributed by atoms with van der Waals surface area (Å²) in [5, 5.41) is 11.5. The average Bonchev–Trinajstić information content (AvgIpc) is 2.42. The molecule has 5 nitrogen and oxygen atoms in total. The number of hydrogen-bond donors (Lipinski definition) is 2. The Balaban J connectivity index is 2.33. The first kappa shape index (κ1) is 15.3. The van der Waals surface area contributed by atoms with Gasteiger partial charge in [-0.1, -0.05) is 23.4 Å². The fraction of sp³-hybridized carbons (Fsp3) is 0.500. The Labute approximate surface area is 114 Å². The van der Waals surface area contributed by atoms with Crippen LogP contribution in [0.15, 0.2) is 35.5 Å². The highest BCUT2D eigenvalue weighted by Crippen LogP contribution is 2.08. The molecule has 0 aliphatic rings. The minimum atomic E-state index is 0.259. The standard InChI is InChI=1S/C14H23N3O2/c1-12(2)17(9-8-14(15)16-18)10-11-19-13-6-4-3-5-7-13/h3-7,12,18H,8-11H2,1-2H3,(H2,15,16). The second-order valence-electron chi connectivity index (χ2n) is 4.63. The Kier molecular flexibility index (Phi) is 6.74. The van der Waals surface area contributed by atoms with E-state index >= 15 is 0 Å². The van der Waals surface area contributed by atoms with E-state index in [1.807, 2.05) is 30.3 Å². The molecule has 1 aromatic carbocycles. The van der Waals surface area contributed by atoms with Crippen LogP contribution in [0.2, 0.25) is 0 Å². The third-order valence-electron chi connectivity index (χ3n) is 2.90. The number of benzene rings is 1. The van der Waals surface area contributed by atoms with Crippen molar-refractivity contribution in [1.82, 2.24) is 4.90 Å². The summed E-state index contributed by atoms with van der Waals surface area (Å²) in [7, 11) is 0. The third kappa shape index (κ3) is 6.10. The normalized spacial score (nSPS) is 12.1. The van der Waals surface area contributed by atoms with Crippen LogP contribution in [0, 0.1) is 0 Å². The third-order valence-corrected chi connectivity index (χ3v) is 2.90. The van der Waals surface area contributed by atoms with Gasteiger partial charge in [0, 0.05) is 25.6 Å². The van der Waals surface area contributed by atoms with Gasteiger partial charge in [-0.3, -0.25) is 4.90 Å². The minimum Gasteiger partial charge on any atom is -0.492 e. The molecule has 0 saturated carbocycles. The van der Waals surface area contributed by atoms with E-state index in [9.17, 15) is 0 Å². The number of para-hydroxylation sites is 1. The largest absolute Gasteiger partial charge is 0.492 e. The zero-order valence-electron chi connectivity index (χ0n) is 11.6. The van der Waals surface area contributed by atoms with E-state index in [-0.39, 0.29) is 5.84 Å². The molecule has 0 atom stereocenters. The molecule has 0 unspecified atom stereocenters. The highest BCUT2D eigenvalue weighted by Gasteiger charge is 2.10. The number of nitrogens with zero attached hydrogens (tertiary/aromatic N) is 2. The molecule has 0 radical (unpaired) electrons. The molecule has 0 saturated heterocycles. The maximum absolute atomic E-state index is 8.53. The fourth-order valence-corrected chi connectivity index (χ4v) is 1.73. The van der Waals surface area contributed by atoms with Gasteiger partial charge in [-0.2, -0.15) is 0 Å². The van der Waals surface area contributed by atoms with Crippen molar-refractivity contribution in [2.75, 3.05) is 19.7 Å². The predicted octanol–water partition coefficient (Wildman–Crippen LogP) is 1.91. The van der Waals surface area contributed by atoms with Gasteiger partial charge in [-0.15, -0.1) is 0 Å². The van der Waals surface area contributed by atoms with Crippen LogP contribution in [0.3, 0.4) is 0 Å². The van der Waals surface area contributed by atoms with E-state index in [2.05, 4.69) is 23.9 Å². The van der Waals surface area contributed by atoms with Gasteiger partial charge in [0.1, 0.15) is 18.2 Å². The first-order chi connectivity index (χ1) is 9.13. The quantitative estimate of drug-likeness (QED) is 0.326. The lowest BCUT2D eigenvalue weighted by Gasteiger charge is -2.26. The summed E-state index contributed by atoms with van der Waals surface area (Å²) in [4.78, 5) is 2.24. The van der Waals surface area contributed by atoms with Crippen LogP contribution < -0.4 is 10.5 Å². The summed E-state index contributed by atoms with van der Waals surface area (Å²) in [5.74, 6) is 1.14. The highest BCUT2D eigenvalue weighted by atomic mass is 16.5. The van der Waals surface area contributed by atoms with Crippen LogP contribution in [0.5, 0.6) is 5.75 Å². The molecule has 106 valence electrons. The highest BCUT2D eigenvalue weighted by molar-refractivity contribution is 5.79. The Morgan fingerprint density at radius 1 is 1.32 bits per heavy atom. The van der Waals surface area contributed by atoms with Crippen molar-refractivity contribution in [2.24, 2.45) is 10.9 Å². The van der Waals surface area contributed by atoms with Gasteiger partial charge in [-0.25, -0.2) is 0 Å². The first-order valence-corrected chi connectivity index (χ1v) is 6.51. The Morgan fingerprint density at radius 3 is 2.58 bits per heavy atom. The molecule has 5 heteroatoms. The first-order valence-electron chi connectivity index (χ1n) is 6.51. The van der Waals surface area contributed by atoms with E-state index in [0.29, 0.717) is 19.1 Å². The van der Waals surface area contributed by atoms with Gasteiger partial charge in [0.05, 0.1) is 0 Å². The molecular formula is C14H23N3O2. The summed E-state index contributed by atoms with van der Waals surface area (Å²) in [6.07, 6.45) is 0.556. The number of ether oxygens (including phenoxy) is 1. The average molecular weight is 265 g/mol. The summed E-state index contributed by atoms with van der Waals surface area (Å²) in [5.41, 5.74) is 5.48. The molecule has 0 heterocycles. The molecule has 0 bridgehead atoms. The van der Waals surface area contributed by atoms with Crippen LogP contribution in [-0.4, -0.2) is 41.7 Å². The summed E-state index contributed by atoms with van der Waals surface area (Å²) < 4.78 is 5.67.